The zero-order chi connectivity index (χ0) is 15.4. The van der Waals surface area contributed by atoms with Crippen molar-refractivity contribution in [2.75, 3.05) is 32.7 Å². The molecule has 0 aromatic carbocycles. The maximum atomic E-state index is 12.7. The molecule has 0 aromatic heterocycles. The Bertz CT molecular complexity index is 416. The van der Waals surface area contributed by atoms with Crippen molar-refractivity contribution in [3.8, 4) is 0 Å². The summed E-state index contributed by atoms with van der Waals surface area (Å²) in [6.07, 6.45) is 3.18. The molecule has 21 heavy (non-hydrogen) atoms. The van der Waals surface area contributed by atoms with E-state index in [1.807, 2.05) is 11.8 Å². The van der Waals surface area contributed by atoms with Crippen LogP contribution < -0.4 is 0 Å². The maximum Gasteiger partial charge on any atom is 0.245 e. The van der Waals surface area contributed by atoms with Gasteiger partial charge in [-0.3, -0.25) is 14.4 Å². The zero-order valence-corrected chi connectivity index (χ0v) is 13.0. The molecule has 6 heteroatoms. The Kier molecular flexibility index (Phi) is 5.20. The molecular weight excluding hydrogens is 270 g/mol. The van der Waals surface area contributed by atoms with Gasteiger partial charge in [0.15, 0.2) is 0 Å². The molecule has 3 amide bonds. The van der Waals surface area contributed by atoms with E-state index in [2.05, 4.69) is 0 Å². The van der Waals surface area contributed by atoms with Crippen LogP contribution in [-0.2, 0) is 14.4 Å². The molecule has 0 saturated carbocycles. The van der Waals surface area contributed by atoms with Gasteiger partial charge in [0.2, 0.25) is 17.7 Å². The van der Waals surface area contributed by atoms with Crippen LogP contribution in [0.5, 0.6) is 0 Å². The molecule has 2 aliphatic rings. The van der Waals surface area contributed by atoms with E-state index in [0.29, 0.717) is 39.1 Å². The SMILES string of the molecule is CCC(=O)N1CCCCC1C(=O)N1CCN(C(C)=O)CC1. The summed E-state index contributed by atoms with van der Waals surface area (Å²) in [6.45, 7) is 6.41. The first-order chi connectivity index (χ1) is 10.0. The Labute approximate surface area is 126 Å². The lowest BCUT2D eigenvalue weighted by atomic mass is 10.00. The molecule has 1 unspecified atom stereocenters. The summed E-state index contributed by atoms with van der Waals surface area (Å²) in [5, 5.41) is 0. The van der Waals surface area contributed by atoms with Crippen LogP contribution in [0.1, 0.15) is 39.5 Å². The summed E-state index contributed by atoms with van der Waals surface area (Å²) in [7, 11) is 0. The van der Waals surface area contributed by atoms with Gasteiger partial charge in [0.1, 0.15) is 6.04 Å². The molecule has 0 bridgehead atoms. The van der Waals surface area contributed by atoms with E-state index < -0.39 is 0 Å². The molecule has 0 aromatic rings. The average molecular weight is 295 g/mol. The maximum absolute atomic E-state index is 12.7. The van der Waals surface area contributed by atoms with Crippen LogP contribution in [-0.4, -0.2) is 71.2 Å². The summed E-state index contributed by atoms with van der Waals surface area (Å²) in [5.74, 6) is 0.178. The Morgan fingerprint density at radius 1 is 0.952 bits per heavy atom. The molecule has 2 aliphatic heterocycles. The van der Waals surface area contributed by atoms with Gasteiger partial charge in [-0.2, -0.15) is 0 Å². The second kappa shape index (κ2) is 6.91. The fourth-order valence-electron chi connectivity index (χ4n) is 3.14. The molecule has 0 N–H and O–H groups in total. The molecule has 0 aliphatic carbocycles. The summed E-state index contributed by atoms with van der Waals surface area (Å²) in [4.78, 5) is 41.4. The molecule has 2 fully saturated rings. The van der Waals surface area contributed by atoms with E-state index in [4.69, 9.17) is 0 Å². The Hall–Kier alpha value is -1.59. The van der Waals surface area contributed by atoms with Crippen molar-refractivity contribution in [3.05, 3.63) is 0 Å². The van der Waals surface area contributed by atoms with E-state index in [-0.39, 0.29) is 23.8 Å². The van der Waals surface area contributed by atoms with Crippen molar-refractivity contribution in [2.24, 2.45) is 0 Å². The average Bonchev–Trinajstić information content (AvgIpc) is 2.53. The van der Waals surface area contributed by atoms with Crippen molar-refractivity contribution >= 4 is 17.7 Å². The fourth-order valence-corrected chi connectivity index (χ4v) is 3.14. The smallest absolute Gasteiger partial charge is 0.245 e. The Morgan fingerprint density at radius 3 is 2.14 bits per heavy atom. The predicted molar refractivity (Wildman–Crippen MR) is 78.5 cm³/mol. The summed E-state index contributed by atoms with van der Waals surface area (Å²) >= 11 is 0. The number of amides is 3. The van der Waals surface area contributed by atoms with Crippen LogP contribution in [0.4, 0.5) is 0 Å². The van der Waals surface area contributed by atoms with E-state index >= 15 is 0 Å². The molecule has 2 saturated heterocycles. The number of hydrogen-bond donors (Lipinski definition) is 0. The first-order valence-corrected chi connectivity index (χ1v) is 7.88. The van der Waals surface area contributed by atoms with Crippen LogP contribution in [0.3, 0.4) is 0 Å². The third kappa shape index (κ3) is 3.54. The Morgan fingerprint density at radius 2 is 1.57 bits per heavy atom. The van der Waals surface area contributed by atoms with Gasteiger partial charge in [-0.25, -0.2) is 0 Å². The molecule has 2 rings (SSSR count). The fraction of sp³-hybridized carbons (Fsp3) is 0.800. The first-order valence-electron chi connectivity index (χ1n) is 7.88. The second-order valence-electron chi connectivity index (χ2n) is 5.78. The molecule has 0 spiro atoms. The van der Waals surface area contributed by atoms with E-state index in [0.717, 1.165) is 19.3 Å². The van der Waals surface area contributed by atoms with Gasteiger partial charge >= 0.3 is 0 Å². The second-order valence-corrected chi connectivity index (χ2v) is 5.78. The van der Waals surface area contributed by atoms with Crippen molar-refractivity contribution in [1.82, 2.24) is 14.7 Å². The van der Waals surface area contributed by atoms with Gasteiger partial charge in [0.05, 0.1) is 0 Å². The van der Waals surface area contributed by atoms with E-state index in [1.165, 1.54) is 0 Å². The van der Waals surface area contributed by atoms with Gasteiger partial charge in [0.25, 0.3) is 0 Å². The molecular formula is C15H25N3O3. The largest absolute Gasteiger partial charge is 0.339 e. The highest BCUT2D eigenvalue weighted by Gasteiger charge is 2.35. The van der Waals surface area contributed by atoms with Gasteiger partial charge in [0, 0.05) is 46.1 Å². The highest BCUT2D eigenvalue weighted by molar-refractivity contribution is 5.88. The highest BCUT2D eigenvalue weighted by Crippen LogP contribution is 2.20. The van der Waals surface area contributed by atoms with Crippen LogP contribution in [0.25, 0.3) is 0 Å². The lowest BCUT2D eigenvalue weighted by molar-refractivity contribution is -0.149. The quantitative estimate of drug-likeness (QED) is 0.744. The summed E-state index contributed by atoms with van der Waals surface area (Å²) in [5.41, 5.74) is 0. The molecule has 6 nitrogen and oxygen atoms in total. The van der Waals surface area contributed by atoms with Gasteiger partial charge < -0.3 is 14.7 Å². The zero-order valence-electron chi connectivity index (χ0n) is 13.0. The number of piperidine rings is 1. The first kappa shape index (κ1) is 15.8. The lowest BCUT2D eigenvalue weighted by Gasteiger charge is -2.40. The highest BCUT2D eigenvalue weighted by atomic mass is 16.2. The monoisotopic (exact) mass is 295 g/mol. The topological polar surface area (TPSA) is 60.9 Å². The minimum atomic E-state index is -0.296. The van der Waals surface area contributed by atoms with E-state index in [9.17, 15) is 14.4 Å². The summed E-state index contributed by atoms with van der Waals surface area (Å²) < 4.78 is 0. The van der Waals surface area contributed by atoms with Crippen LogP contribution in [0.2, 0.25) is 0 Å². The number of nitrogens with zero attached hydrogens (tertiary/aromatic N) is 3. The van der Waals surface area contributed by atoms with Crippen LogP contribution in [0.15, 0.2) is 0 Å². The van der Waals surface area contributed by atoms with Crippen molar-refractivity contribution in [2.45, 2.75) is 45.6 Å². The Balaban J connectivity index is 1.98. The van der Waals surface area contributed by atoms with Gasteiger partial charge in [-0.15, -0.1) is 0 Å². The van der Waals surface area contributed by atoms with Crippen molar-refractivity contribution in [1.29, 1.82) is 0 Å². The number of likely N-dealkylation sites (tertiary alicyclic amines) is 1. The number of rotatable bonds is 2. The normalized spacial score (nSPS) is 23.1. The minimum Gasteiger partial charge on any atom is -0.339 e. The number of carbonyl (C=O) groups is 3. The predicted octanol–water partition coefficient (Wildman–Crippen LogP) is 0.468. The van der Waals surface area contributed by atoms with Crippen molar-refractivity contribution in [3.63, 3.8) is 0 Å². The molecule has 118 valence electrons. The molecule has 0 radical (unpaired) electrons. The van der Waals surface area contributed by atoms with Gasteiger partial charge in [-0.05, 0) is 19.3 Å². The lowest BCUT2D eigenvalue weighted by Crippen LogP contribution is -2.57. The van der Waals surface area contributed by atoms with Crippen LogP contribution >= 0.6 is 0 Å². The number of piperazine rings is 1. The standard InChI is InChI=1S/C15H25N3O3/c1-3-14(20)18-7-5-4-6-13(18)15(21)17-10-8-16(9-11-17)12(2)19/h13H,3-11H2,1-2H3. The number of carbonyl (C=O) groups excluding carboxylic acids is 3. The number of hydrogen-bond acceptors (Lipinski definition) is 3. The van der Waals surface area contributed by atoms with Crippen molar-refractivity contribution < 1.29 is 14.4 Å². The van der Waals surface area contributed by atoms with Crippen LogP contribution in [0, 0.1) is 0 Å². The minimum absolute atomic E-state index is 0.0553. The third-order valence-electron chi connectivity index (χ3n) is 4.45. The van der Waals surface area contributed by atoms with E-state index in [1.54, 1.807) is 16.7 Å². The molecule has 1 atom stereocenters. The molecule has 2 heterocycles. The van der Waals surface area contributed by atoms with Gasteiger partial charge in [-0.1, -0.05) is 6.92 Å². The third-order valence-corrected chi connectivity index (χ3v) is 4.45. The summed E-state index contributed by atoms with van der Waals surface area (Å²) in [6, 6.07) is -0.296.